The van der Waals surface area contributed by atoms with Crippen molar-refractivity contribution in [2.75, 3.05) is 32.8 Å². The van der Waals surface area contributed by atoms with Crippen LogP contribution in [0.15, 0.2) is 18.2 Å². The molecular formula is C26H39N3O3. The van der Waals surface area contributed by atoms with Crippen LogP contribution < -0.4 is 5.73 Å². The molecule has 1 fully saturated rings. The first-order valence-corrected chi connectivity index (χ1v) is 11.5. The highest BCUT2D eigenvalue weighted by atomic mass is 16.5. The lowest BCUT2D eigenvalue weighted by molar-refractivity contribution is 0.0364. The van der Waals surface area contributed by atoms with Crippen molar-refractivity contribution >= 4 is 5.91 Å². The molecule has 1 aromatic carbocycles. The summed E-state index contributed by atoms with van der Waals surface area (Å²) in [6, 6.07) is 6.03. The van der Waals surface area contributed by atoms with Crippen LogP contribution >= 0.6 is 0 Å². The Bertz CT molecular complexity index is 952. The van der Waals surface area contributed by atoms with Gasteiger partial charge in [-0.15, -0.1) is 0 Å². The molecule has 32 heavy (non-hydrogen) atoms. The fraction of sp³-hybridized carbons (Fsp3) is 0.577. The lowest BCUT2D eigenvalue weighted by Gasteiger charge is -2.29. The Morgan fingerprint density at radius 3 is 2.00 bits per heavy atom. The van der Waals surface area contributed by atoms with Gasteiger partial charge in [0.2, 0.25) is 0 Å². The Morgan fingerprint density at radius 2 is 1.53 bits per heavy atom. The van der Waals surface area contributed by atoms with Crippen LogP contribution in [-0.4, -0.2) is 53.3 Å². The van der Waals surface area contributed by atoms with E-state index in [1.54, 1.807) is 0 Å². The second-order valence-corrected chi connectivity index (χ2v) is 10.9. The third kappa shape index (κ3) is 5.02. The summed E-state index contributed by atoms with van der Waals surface area (Å²) in [6.45, 7) is 19.6. The van der Waals surface area contributed by atoms with E-state index in [1.807, 2.05) is 13.0 Å². The number of benzene rings is 1. The Balaban J connectivity index is 2.15. The largest absolute Gasteiger partial charge is 0.507 e. The molecule has 0 atom stereocenters. The fourth-order valence-electron chi connectivity index (χ4n) is 4.41. The first-order valence-electron chi connectivity index (χ1n) is 11.5. The third-order valence-corrected chi connectivity index (χ3v) is 6.40. The quantitative estimate of drug-likeness (QED) is 0.729. The number of nitrogens with zero attached hydrogens (tertiary/aromatic N) is 2. The highest BCUT2D eigenvalue weighted by molar-refractivity contribution is 5.95. The summed E-state index contributed by atoms with van der Waals surface area (Å²) in [5.41, 5.74) is 10.4. The van der Waals surface area contributed by atoms with E-state index in [-0.39, 0.29) is 10.8 Å². The number of morpholine rings is 1. The predicted molar refractivity (Wildman–Crippen MR) is 129 cm³/mol. The molecule has 1 saturated heterocycles. The maximum atomic E-state index is 12.2. The molecule has 0 radical (unpaired) electrons. The van der Waals surface area contributed by atoms with E-state index in [0.717, 1.165) is 67.5 Å². The van der Waals surface area contributed by atoms with E-state index < -0.39 is 5.91 Å². The summed E-state index contributed by atoms with van der Waals surface area (Å²) in [4.78, 5) is 14.6. The zero-order chi connectivity index (χ0) is 23.8. The van der Waals surface area contributed by atoms with Crippen molar-refractivity contribution in [2.24, 2.45) is 5.73 Å². The van der Waals surface area contributed by atoms with Crippen molar-refractivity contribution in [1.82, 2.24) is 9.47 Å². The molecule has 6 heteroatoms. The van der Waals surface area contributed by atoms with E-state index in [4.69, 9.17) is 10.5 Å². The van der Waals surface area contributed by atoms with Crippen LogP contribution in [-0.2, 0) is 22.1 Å². The summed E-state index contributed by atoms with van der Waals surface area (Å²) in [6.07, 6.45) is 0. The Morgan fingerprint density at radius 1 is 1.00 bits per heavy atom. The van der Waals surface area contributed by atoms with Crippen molar-refractivity contribution in [1.29, 1.82) is 0 Å². The number of carbonyl (C=O) groups is 1. The van der Waals surface area contributed by atoms with Crippen LogP contribution in [0.1, 0.15) is 68.7 Å². The zero-order valence-electron chi connectivity index (χ0n) is 20.7. The number of hydrogen-bond acceptors (Lipinski definition) is 4. The van der Waals surface area contributed by atoms with Gasteiger partial charge in [0.05, 0.1) is 18.8 Å². The normalized spacial score (nSPS) is 15.8. The Labute approximate surface area is 192 Å². The number of aromatic hydroxyl groups is 1. The number of phenols is 1. The van der Waals surface area contributed by atoms with Gasteiger partial charge in [0.15, 0.2) is 0 Å². The van der Waals surface area contributed by atoms with Gasteiger partial charge in [-0.2, -0.15) is 0 Å². The van der Waals surface area contributed by atoms with Gasteiger partial charge in [0, 0.05) is 48.7 Å². The van der Waals surface area contributed by atoms with Gasteiger partial charge in [-0.1, -0.05) is 41.5 Å². The molecule has 176 valence electrons. The number of aromatic nitrogens is 1. The highest BCUT2D eigenvalue weighted by Gasteiger charge is 2.28. The number of ether oxygens (including phenoxy) is 1. The molecule has 2 heterocycles. The number of amides is 1. The zero-order valence-corrected chi connectivity index (χ0v) is 20.7. The SMILES string of the molecule is Cc1c(C(N)=O)cc(-c2cc(C(C)(C)C)c(O)c(C(C)(C)C)c2)n1CCN1CCOCC1. The van der Waals surface area contributed by atoms with Crippen molar-refractivity contribution in [3.63, 3.8) is 0 Å². The smallest absolute Gasteiger partial charge is 0.250 e. The summed E-state index contributed by atoms with van der Waals surface area (Å²) in [7, 11) is 0. The molecule has 0 spiro atoms. The molecule has 0 unspecified atom stereocenters. The highest BCUT2D eigenvalue weighted by Crippen LogP contribution is 2.42. The van der Waals surface area contributed by atoms with Gasteiger partial charge in [0.25, 0.3) is 5.91 Å². The van der Waals surface area contributed by atoms with Crippen LogP contribution in [0.2, 0.25) is 0 Å². The van der Waals surface area contributed by atoms with Gasteiger partial charge in [-0.25, -0.2) is 0 Å². The van der Waals surface area contributed by atoms with Crippen molar-refractivity contribution in [2.45, 2.75) is 65.8 Å². The minimum Gasteiger partial charge on any atom is -0.507 e. The van der Waals surface area contributed by atoms with Crippen LogP contribution in [0.3, 0.4) is 0 Å². The van der Waals surface area contributed by atoms with Crippen molar-refractivity contribution in [3.8, 4) is 17.0 Å². The number of nitrogens with two attached hydrogens (primary N) is 1. The van der Waals surface area contributed by atoms with Crippen molar-refractivity contribution < 1.29 is 14.6 Å². The van der Waals surface area contributed by atoms with Crippen molar-refractivity contribution in [3.05, 3.63) is 40.6 Å². The molecule has 1 aromatic heterocycles. The van der Waals surface area contributed by atoms with Crippen LogP contribution in [0.4, 0.5) is 0 Å². The van der Waals surface area contributed by atoms with Gasteiger partial charge in [-0.05, 0) is 41.5 Å². The molecule has 3 N–H and O–H groups in total. The second-order valence-electron chi connectivity index (χ2n) is 10.9. The van der Waals surface area contributed by atoms with Crippen LogP contribution in [0, 0.1) is 6.92 Å². The molecule has 1 amide bonds. The van der Waals surface area contributed by atoms with E-state index in [9.17, 15) is 9.90 Å². The molecule has 0 saturated carbocycles. The lowest BCUT2D eigenvalue weighted by atomic mass is 9.78. The minimum absolute atomic E-state index is 0.229. The van der Waals surface area contributed by atoms with Crippen LogP contribution in [0.25, 0.3) is 11.3 Å². The Kier molecular flexibility index (Phi) is 6.78. The monoisotopic (exact) mass is 441 g/mol. The number of hydrogen-bond donors (Lipinski definition) is 2. The summed E-state index contributed by atoms with van der Waals surface area (Å²) < 4.78 is 7.67. The number of primary amides is 1. The molecule has 2 aromatic rings. The number of carbonyl (C=O) groups excluding carboxylic acids is 1. The number of phenolic OH excluding ortho intramolecular Hbond substituents is 1. The molecule has 0 bridgehead atoms. The van der Waals surface area contributed by atoms with Crippen LogP contribution in [0.5, 0.6) is 5.75 Å². The van der Waals surface area contributed by atoms with Gasteiger partial charge in [-0.3, -0.25) is 9.69 Å². The summed E-state index contributed by atoms with van der Waals surface area (Å²) in [5, 5.41) is 11.1. The maximum Gasteiger partial charge on any atom is 0.250 e. The standard InChI is InChI=1S/C26H39N3O3/c1-17-19(24(27)31)16-22(29(17)9-8-28-10-12-32-13-11-28)18-14-20(25(2,3)4)23(30)21(15-18)26(5,6)7/h14-16,30H,8-13H2,1-7H3,(H2,27,31). The average molecular weight is 442 g/mol. The molecule has 3 rings (SSSR count). The Hall–Kier alpha value is -2.31. The first kappa shape index (κ1) is 24.3. The minimum atomic E-state index is -0.417. The molecule has 0 aliphatic carbocycles. The molecular weight excluding hydrogens is 402 g/mol. The third-order valence-electron chi connectivity index (χ3n) is 6.40. The molecule has 1 aliphatic rings. The summed E-state index contributed by atoms with van der Waals surface area (Å²) >= 11 is 0. The second kappa shape index (κ2) is 8.91. The van der Waals surface area contributed by atoms with Gasteiger partial charge >= 0.3 is 0 Å². The average Bonchev–Trinajstić information content (AvgIpc) is 3.02. The topological polar surface area (TPSA) is 80.7 Å². The van der Waals surface area contributed by atoms with Gasteiger partial charge < -0.3 is 20.1 Å². The lowest BCUT2D eigenvalue weighted by Crippen LogP contribution is -2.38. The summed E-state index contributed by atoms with van der Waals surface area (Å²) in [5.74, 6) is -0.0632. The predicted octanol–water partition coefficient (Wildman–Crippen LogP) is 4.20. The van der Waals surface area contributed by atoms with E-state index >= 15 is 0 Å². The number of rotatable bonds is 5. The van der Waals surface area contributed by atoms with Gasteiger partial charge in [0.1, 0.15) is 5.75 Å². The van der Waals surface area contributed by atoms with E-state index in [1.165, 1.54) is 0 Å². The maximum absolute atomic E-state index is 12.2. The fourth-order valence-corrected chi connectivity index (χ4v) is 4.41. The van der Waals surface area contributed by atoms with E-state index in [0.29, 0.717) is 11.3 Å². The first-order chi connectivity index (χ1) is 14.8. The molecule has 6 nitrogen and oxygen atoms in total. The molecule has 1 aliphatic heterocycles. The van der Waals surface area contributed by atoms with E-state index in [2.05, 4.69) is 63.1 Å².